The molecule has 2 N–H and O–H groups in total. The average molecular weight is 429 g/mol. The minimum atomic E-state index is 0.258. The fraction of sp³-hybridized carbons (Fsp3) is 0.118. The zero-order chi connectivity index (χ0) is 20.2. The molecule has 0 unspecified atom stereocenters. The van der Waals surface area contributed by atoms with Gasteiger partial charge in [0.2, 0.25) is 5.16 Å². The van der Waals surface area contributed by atoms with E-state index in [-0.39, 0.29) is 5.69 Å². The first-order valence-electron chi connectivity index (χ1n) is 8.26. The van der Waals surface area contributed by atoms with E-state index in [1.807, 2.05) is 12.1 Å². The number of aromatic amines is 2. The molecular weight excluding hydrogens is 416 g/mol. The quantitative estimate of drug-likeness (QED) is 0.333. The van der Waals surface area contributed by atoms with E-state index in [9.17, 15) is 4.91 Å². The molecule has 2 heterocycles. The number of hydrogen-bond donors (Lipinski definition) is 2. The van der Waals surface area contributed by atoms with Crippen LogP contribution in [0.2, 0.25) is 5.02 Å². The average Bonchev–Trinajstić information content (AvgIpc) is 3.43. The number of ether oxygens (including phenoxy) is 1. The Labute approximate surface area is 173 Å². The van der Waals surface area contributed by atoms with Gasteiger partial charge in [-0.05, 0) is 52.7 Å². The van der Waals surface area contributed by atoms with E-state index in [4.69, 9.17) is 16.3 Å². The molecule has 0 aliphatic rings. The molecule has 0 saturated heterocycles. The minimum absolute atomic E-state index is 0.258. The highest BCUT2D eigenvalue weighted by atomic mass is 35.5. The van der Waals surface area contributed by atoms with Gasteiger partial charge >= 0.3 is 0 Å². The molecule has 0 atom stereocenters. The van der Waals surface area contributed by atoms with E-state index in [2.05, 4.69) is 41.0 Å². The van der Waals surface area contributed by atoms with Crippen LogP contribution >= 0.6 is 23.4 Å². The van der Waals surface area contributed by atoms with Crippen LogP contribution in [0.3, 0.4) is 0 Å². The fourth-order valence-electron chi connectivity index (χ4n) is 2.63. The zero-order valence-electron chi connectivity index (χ0n) is 15.0. The van der Waals surface area contributed by atoms with E-state index >= 15 is 0 Å². The molecule has 0 radical (unpaired) electrons. The summed E-state index contributed by atoms with van der Waals surface area (Å²) in [4.78, 5) is 15.7. The molecule has 0 aliphatic carbocycles. The van der Waals surface area contributed by atoms with Crippen molar-refractivity contribution in [2.45, 2.75) is 10.9 Å². The SMILES string of the molecule is COc1cc(Cl)cc(-c2cc(N=O)cc(-c3nc(SCc4nn[nH]n4)n[nH]3)c2)c1. The molecule has 0 aliphatic heterocycles. The fourth-order valence-corrected chi connectivity index (χ4v) is 3.50. The summed E-state index contributed by atoms with van der Waals surface area (Å²) in [6.45, 7) is 0. The maximum Gasteiger partial charge on any atom is 0.209 e. The summed E-state index contributed by atoms with van der Waals surface area (Å²) in [5.41, 5.74) is 2.45. The molecule has 0 amide bonds. The van der Waals surface area contributed by atoms with Crippen molar-refractivity contribution in [2.24, 2.45) is 5.18 Å². The van der Waals surface area contributed by atoms with Crippen molar-refractivity contribution in [3.8, 4) is 28.3 Å². The molecule has 10 nitrogen and oxygen atoms in total. The van der Waals surface area contributed by atoms with Gasteiger partial charge < -0.3 is 4.74 Å². The lowest BCUT2D eigenvalue weighted by Gasteiger charge is -2.08. The Bertz CT molecular complexity index is 1150. The highest BCUT2D eigenvalue weighted by Gasteiger charge is 2.12. The topological polar surface area (TPSA) is 135 Å². The van der Waals surface area contributed by atoms with Crippen LogP contribution < -0.4 is 4.74 Å². The minimum Gasteiger partial charge on any atom is -0.497 e. The van der Waals surface area contributed by atoms with Crippen LogP contribution in [0.5, 0.6) is 5.75 Å². The van der Waals surface area contributed by atoms with Crippen LogP contribution in [0.25, 0.3) is 22.5 Å². The van der Waals surface area contributed by atoms with Crippen molar-refractivity contribution in [2.75, 3.05) is 7.11 Å². The molecule has 2 aromatic heterocycles. The van der Waals surface area contributed by atoms with Crippen LogP contribution in [-0.2, 0) is 5.75 Å². The zero-order valence-corrected chi connectivity index (χ0v) is 16.5. The van der Waals surface area contributed by atoms with Crippen molar-refractivity contribution in [3.63, 3.8) is 0 Å². The molecule has 146 valence electrons. The van der Waals surface area contributed by atoms with Gasteiger partial charge in [0.05, 0.1) is 12.9 Å². The maximum atomic E-state index is 11.2. The Hall–Kier alpha value is -3.31. The lowest BCUT2D eigenvalue weighted by atomic mass is 10.0. The number of halogens is 1. The summed E-state index contributed by atoms with van der Waals surface area (Å²) in [6, 6.07) is 10.5. The standard InChI is InChI=1S/C17H13ClN8O2S/c1-28-14-6-10(3-12(18)7-14)9-2-11(5-13(4-9)24-27)16-19-17(23-22-16)29-8-15-20-25-26-21-15/h2-7H,8H2,1H3,(H,19,22,23)(H,20,21,25,26). The summed E-state index contributed by atoms with van der Waals surface area (Å²) >= 11 is 7.53. The number of hydrogen-bond acceptors (Lipinski definition) is 9. The Kier molecular flexibility index (Phi) is 5.49. The predicted molar refractivity (Wildman–Crippen MR) is 108 cm³/mol. The second kappa shape index (κ2) is 8.37. The molecule has 0 fully saturated rings. The molecule has 29 heavy (non-hydrogen) atoms. The summed E-state index contributed by atoms with van der Waals surface area (Å²) in [5.74, 6) is 2.13. The van der Waals surface area contributed by atoms with Gasteiger partial charge in [-0.25, -0.2) is 4.98 Å². The van der Waals surface area contributed by atoms with Gasteiger partial charge in [0, 0.05) is 10.6 Å². The van der Waals surface area contributed by atoms with Crippen LogP contribution in [0, 0.1) is 4.91 Å². The van der Waals surface area contributed by atoms with Gasteiger partial charge in [0.15, 0.2) is 11.6 Å². The van der Waals surface area contributed by atoms with Gasteiger partial charge in [-0.3, -0.25) is 5.10 Å². The number of methoxy groups -OCH3 is 1. The van der Waals surface area contributed by atoms with Gasteiger partial charge in [0.25, 0.3) is 0 Å². The first-order chi connectivity index (χ1) is 14.1. The van der Waals surface area contributed by atoms with Crippen molar-refractivity contribution in [1.82, 2.24) is 35.8 Å². The first-order valence-corrected chi connectivity index (χ1v) is 9.62. The number of benzene rings is 2. The molecule has 0 bridgehead atoms. The van der Waals surface area contributed by atoms with Gasteiger partial charge in [0.1, 0.15) is 11.4 Å². The van der Waals surface area contributed by atoms with Crippen molar-refractivity contribution in [3.05, 3.63) is 52.2 Å². The summed E-state index contributed by atoms with van der Waals surface area (Å²) in [6.07, 6.45) is 0. The maximum absolute atomic E-state index is 11.2. The van der Waals surface area contributed by atoms with Crippen molar-refractivity contribution >= 4 is 29.1 Å². The summed E-state index contributed by atoms with van der Waals surface area (Å²) in [7, 11) is 1.56. The third kappa shape index (κ3) is 4.41. The second-order valence-corrected chi connectivity index (χ2v) is 7.20. The smallest absolute Gasteiger partial charge is 0.209 e. The Morgan fingerprint density at radius 3 is 2.69 bits per heavy atom. The Morgan fingerprint density at radius 2 is 1.93 bits per heavy atom. The molecular formula is C17H13ClN8O2S. The Balaban J connectivity index is 1.65. The summed E-state index contributed by atoms with van der Waals surface area (Å²) in [5, 5.41) is 24.8. The number of H-pyrrole nitrogens is 2. The number of aromatic nitrogens is 7. The van der Waals surface area contributed by atoms with E-state index in [0.29, 0.717) is 38.9 Å². The number of nitroso groups, excluding NO2 is 1. The molecule has 2 aromatic carbocycles. The molecule has 4 aromatic rings. The number of tetrazole rings is 1. The van der Waals surface area contributed by atoms with Crippen LogP contribution in [0.15, 0.2) is 46.7 Å². The second-order valence-electron chi connectivity index (χ2n) is 5.82. The molecule has 12 heteroatoms. The normalized spacial score (nSPS) is 10.8. The summed E-state index contributed by atoms with van der Waals surface area (Å²) < 4.78 is 5.27. The highest BCUT2D eigenvalue weighted by molar-refractivity contribution is 7.98. The van der Waals surface area contributed by atoms with E-state index in [1.54, 1.807) is 31.4 Å². The number of nitrogens with one attached hydrogen (secondary N) is 2. The third-order valence-electron chi connectivity index (χ3n) is 3.92. The van der Waals surface area contributed by atoms with E-state index in [0.717, 1.165) is 11.1 Å². The van der Waals surface area contributed by atoms with Crippen molar-refractivity contribution in [1.29, 1.82) is 0 Å². The molecule has 4 rings (SSSR count). The lowest BCUT2D eigenvalue weighted by molar-refractivity contribution is 0.415. The number of rotatable bonds is 7. The van der Waals surface area contributed by atoms with Crippen LogP contribution in [-0.4, -0.2) is 42.9 Å². The van der Waals surface area contributed by atoms with Crippen LogP contribution in [0.1, 0.15) is 5.82 Å². The highest BCUT2D eigenvalue weighted by Crippen LogP contribution is 2.34. The number of nitrogens with zero attached hydrogens (tertiary/aromatic N) is 6. The first kappa shape index (κ1) is 19.0. The van der Waals surface area contributed by atoms with Crippen molar-refractivity contribution < 1.29 is 4.74 Å². The Morgan fingerprint density at radius 1 is 1.10 bits per heavy atom. The number of thioether (sulfide) groups is 1. The molecule has 0 spiro atoms. The monoisotopic (exact) mass is 428 g/mol. The largest absolute Gasteiger partial charge is 0.497 e. The van der Waals surface area contributed by atoms with Gasteiger partial charge in [-0.1, -0.05) is 28.6 Å². The van der Waals surface area contributed by atoms with E-state index < -0.39 is 0 Å². The molecule has 0 saturated carbocycles. The van der Waals surface area contributed by atoms with Crippen LogP contribution in [0.4, 0.5) is 5.69 Å². The lowest BCUT2D eigenvalue weighted by Crippen LogP contribution is -1.87. The predicted octanol–water partition coefficient (Wildman–Crippen LogP) is 4.00. The third-order valence-corrected chi connectivity index (χ3v) is 4.98. The van der Waals surface area contributed by atoms with E-state index in [1.165, 1.54) is 11.8 Å². The van der Waals surface area contributed by atoms with Gasteiger partial charge in [-0.15, -0.1) is 20.2 Å². The van der Waals surface area contributed by atoms with Gasteiger partial charge in [-0.2, -0.15) is 5.21 Å².